The maximum Gasteiger partial charge on any atom is 0.266 e. The smallest absolute Gasteiger partial charge is 0.266 e. The van der Waals surface area contributed by atoms with Crippen molar-refractivity contribution in [3.8, 4) is 0 Å². The first-order chi connectivity index (χ1) is 14.2. The van der Waals surface area contributed by atoms with E-state index in [1.54, 1.807) is 6.20 Å². The van der Waals surface area contributed by atoms with Crippen molar-refractivity contribution in [1.29, 1.82) is 0 Å². The van der Waals surface area contributed by atoms with Gasteiger partial charge in [0.2, 0.25) is 6.10 Å². The number of pyridine rings is 1. The van der Waals surface area contributed by atoms with Gasteiger partial charge in [0, 0.05) is 31.7 Å². The highest BCUT2D eigenvalue weighted by Gasteiger charge is 2.35. The van der Waals surface area contributed by atoms with Crippen LogP contribution in [0.15, 0.2) is 53.8 Å². The zero-order valence-electron chi connectivity index (χ0n) is 16.4. The number of carbonyl (C=O) groups excluding carboxylic acids is 1. The highest BCUT2D eigenvalue weighted by molar-refractivity contribution is 6.02. The maximum atomic E-state index is 12.9. The standard InChI is InChI=1S/C22H23N5O2/c1-15-24-18-7-2-3-8-20(18)27(15)16-9-12-26(13-10-16)22(28)21-14-19(25-29-21)17-6-4-5-11-23-17/h2-8,11,16,21H,9-10,12-14H2,1H3. The Labute approximate surface area is 169 Å². The molecule has 2 aromatic heterocycles. The Bertz CT molecular complexity index is 1070. The molecule has 1 atom stereocenters. The third-order valence-electron chi connectivity index (χ3n) is 5.82. The number of carbonyl (C=O) groups is 1. The van der Waals surface area contributed by atoms with E-state index in [1.807, 2.05) is 35.2 Å². The predicted octanol–water partition coefficient (Wildman–Crippen LogP) is 3.10. The molecule has 1 amide bonds. The predicted molar refractivity (Wildman–Crippen MR) is 110 cm³/mol. The van der Waals surface area contributed by atoms with Crippen LogP contribution in [0.4, 0.5) is 0 Å². The number of aromatic nitrogens is 3. The number of imidazole rings is 1. The maximum absolute atomic E-state index is 12.9. The van der Waals surface area contributed by atoms with E-state index in [2.05, 4.69) is 38.7 Å². The number of likely N-dealkylation sites (tertiary alicyclic amines) is 1. The number of para-hydroxylation sites is 2. The molecule has 1 aromatic carbocycles. The molecule has 1 fully saturated rings. The summed E-state index contributed by atoms with van der Waals surface area (Å²) in [5, 5.41) is 4.10. The van der Waals surface area contributed by atoms with E-state index >= 15 is 0 Å². The number of rotatable bonds is 3. The quantitative estimate of drug-likeness (QED) is 0.690. The molecule has 4 heterocycles. The van der Waals surface area contributed by atoms with Gasteiger partial charge < -0.3 is 14.3 Å². The van der Waals surface area contributed by atoms with Crippen LogP contribution in [0.2, 0.25) is 0 Å². The van der Waals surface area contributed by atoms with Gasteiger partial charge in [-0.05, 0) is 44.0 Å². The Morgan fingerprint density at radius 2 is 1.90 bits per heavy atom. The van der Waals surface area contributed by atoms with Gasteiger partial charge in [-0.1, -0.05) is 23.4 Å². The number of fused-ring (bicyclic) bond motifs is 1. The van der Waals surface area contributed by atoms with Gasteiger partial charge in [-0.3, -0.25) is 9.78 Å². The minimum atomic E-state index is -0.542. The van der Waals surface area contributed by atoms with Crippen LogP contribution in [0.25, 0.3) is 11.0 Å². The minimum absolute atomic E-state index is 0.0188. The van der Waals surface area contributed by atoms with Crippen molar-refractivity contribution < 1.29 is 9.63 Å². The second-order valence-electron chi connectivity index (χ2n) is 7.63. The molecule has 148 valence electrons. The summed E-state index contributed by atoms with van der Waals surface area (Å²) in [6.07, 6.45) is 3.47. The van der Waals surface area contributed by atoms with Gasteiger partial charge in [0.25, 0.3) is 5.91 Å². The Morgan fingerprint density at radius 3 is 2.69 bits per heavy atom. The molecule has 2 aliphatic heterocycles. The van der Waals surface area contributed by atoms with E-state index in [1.165, 1.54) is 5.52 Å². The molecule has 0 saturated carbocycles. The molecule has 29 heavy (non-hydrogen) atoms. The normalized spacial score (nSPS) is 20.0. The van der Waals surface area contributed by atoms with Crippen molar-refractivity contribution in [3.05, 3.63) is 60.2 Å². The molecule has 7 nitrogen and oxygen atoms in total. The Balaban J connectivity index is 1.23. The molecular weight excluding hydrogens is 366 g/mol. The number of nitrogens with zero attached hydrogens (tertiary/aromatic N) is 5. The van der Waals surface area contributed by atoms with E-state index in [4.69, 9.17) is 4.84 Å². The van der Waals surface area contributed by atoms with Crippen LogP contribution in [-0.4, -0.2) is 50.2 Å². The van der Waals surface area contributed by atoms with Gasteiger partial charge in [0.05, 0.1) is 16.7 Å². The first-order valence-electron chi connectivity index (χ1n) is 10.1. The van der Waals surface area contributed by atoms with Crippen LogP contribution < -0.4 is 0 Å². The number of amides is 1. The monoisotopic (exact) mass is 389 g/mol. The fourth-order valence-corrected chi connectivity index (χ4v) is 4.37. The highest BCUT2D eigenvalue weighted by atomic mass is 16.6. The molecule has 7 heteroatoms. The molecule has 5 rings (SSSR count). The summed E-state index contributed by atoms with van der Waals surface area (Å²) in [5.41, 5.74) is 3.70. The van der Waals surface area contributed by atoms with Gasteiger partial charge in [-0.2, -0.15) is 0 Å². The zero-order chi connectivity index (χ0) is 19.8. The average molecular weight is 389 g/mol. The fourth-order valence-electron chi connectivity index (χ4n) is 4.37. The lowest BCUT2D eigenvalue weighted by molar-refractivity contribution is -0.143. The molecule has 0 radical (unpaired) electrons. The number of piperidine rings is 1. The molecule has 0 aliphatic carbocycles. The van der Waals surface area contributed by atoms with E-state index in [0.29, 0.717) is 25.6 Å². The largest absolute Gasteiger partial charge is 0.382 e. The van der Waals surface area contributed by atoms with Gasteiger partial charge >= 0.3 is 0 Å². The minimum Gasteiger partial charge on any atom is -0.382 e. The molecule has 0 spiro atoms. The summed E-state index contributed by atoms with van der Waals surface area (Å²) >= 11 is 0. The summed E-state index contributed by atoms with van der Waals surface area (Å²) in [7, 11) is 0. The number of hydrogen-bond donors (Lipinski definition) is 0. The fraction of sp³-hybridized carbons (Fsp3) is 0.364. The van der Waals surface area contributed by atoms with Crippen LogP contribution in [0.3, 0.4) is 0 Å². The van der Waals surface area contributed by atoms with Gasteiger partial charge in [0.1, 0.15) is 11.5 Å². The van der Waals surface area contributed by atoms with E-state index in [9.17, 15) is 4.79 Å². The Kier molecular flexibility index (Phi) is 4.50. The van der Waals surface area contributed by atoms with Crippen LogP contribution >= 0.6 is 0 Å². The van der Waals surface area contributed by atoms with Crippen LogP contribution in [-0.2, 0) is 9.63 Å². The average Bonchev–Trinajstić information content (AvgIpc) is 3.38. The van der Waals surface area contributed by atoms with Crippen LogP contribution in [0.1, 0.15) is 36.8 Å². The van der Waals surface area contributed by atoms with Crippen molar-refractivity contribution in [1.82, 2.24) is 19.4 Å². The van der Waals surface area contributed by atoms with Gasteiger partial charge in [-0.15, -0.1) is 0 Å². The van der Waals surface area contributed by atoms with Crippen molar-refractivity contribution in [3.63, 3.8) is 0 Å². The molecule has 3 aromatic rings. The van der Waals surface area contributed by atoms with Gasteiger partial charge in [0.15, 0.2) is 0 Å². The summed E-state index contributed by atoms with van der Waals surface area (Å²) in [6, 6.07) is 14.3. The van der Waals surface area contributed by atoms with Crippen molar-refractivity contribution in [2.24, 2.45) is 5.16 Å². The lowest BCUT2D eigenvalue weighted by Crippen LogP contribution is -2.44. The van der Waals surface area contributed by atoms with Gasteiger partial charge in [-0.25, -0.2) is 4.98 Å². The number of hydrogen-bond acceptors (Lipinski definition) is 5. The first kappa shape index (κ1) is 17.8. The first-order valence-corrected chi connectivity index (χ1v) is 10.1. The Hall–Kier alpha value is -3.22. The summed E-state index contributed by atoms with van der Waals surface area (Å²) in [6.45, 7) is 3.49. The number of benzene rings is 1. The van der Waals surface area contributed by atoms with E-state index < -0.39 is 6.10 Å². The number of aryl methyl sites for hydroxylation is 1. The van der Waals surface area contributed by atoms with Crippen molar-refractivity contribution >= 4 is 22.7 Å². The highest BCUT2D eigenvalue weighted by Crippen LogP contribution is 2.29. The molecule has 0 bridgehead atoms. The second kappa shape index (κ2) is 7.31. The third-order valence-corrected chi connectivity index (χ3v) is 5.82. The summed E-state index contributed by atoms with van der Waals surface area (Å²) in [5.74, 6) is 1.05. The van der Waals surface area contributed by atoms with Crippen molar-refractivity contribution in [2.45, 2.75) is 38.3 Å². The lowest BCUT2D eigenvalue weighted by Gasteiger charge is -2.34. The molecule has 1 saturated heterocycles. The second-order valence-corrected chi connectivity index (χ2v) is 7.63. The molecule has 1 unspecified atom stereocenters. The SMILES string of the molecule is Cc1nc2ccccc2n1C1CCN(C(=O)C2CC(c3ccccn3)=NO2)CC1. The molecule has 2 aliphatic rings. The van der Waals surface area contributed by atoms with E-state index in [0.717, 1.165) is 35.6 Å². The Morgan fingerprint density at radius 1 is 1.10 bits per heavy atom. The zero-order valence-corrected chi connectivity index (χ0v) is 16.4. The van der Waals surface area contributed by atoms with Crippen molar-refractivity contribution in [2.75, 3.05) is 13.1 Å². The topological polar surface area (TPSA) is 72.6 Å². The molecule has 0 N–H and O–H groups in total. The lowest BCUT2D eigenvalue weighted by atomic mass is 10.0. The summed E-state index contributed by atoms with van der Waals surface area (Å²) in [4.78, 5) is 29.3. The molecular formula is C22H23N5O2. The number of oxime groups is 1. The van der Waals surface area contributed by atoms with Crippen LogP contribution in [0.5, 0.6) is 0 Å². The third kappa shape index (κ3) is 3.26. The summed E-state index contributed by atoms with van der Waals surface area (Å²) < 4.78 is 2.32. The van der Waals surface area contributed by atoms with E-state index in [-0.39, 0.29) is 5.91 Å². The van der Waals surface area contributed by atoms with Crippen LogP contribution in [0, 0.1) is 6.92 Å².